The van der Waals surface area contributed by atoms with Crippen molar-refractivity contribution in [3.8, 4) is 0 Å². The third kappa shape index (κ3) is 3.77. The molecule has 2 rings (SSSR count). The Kier molecular flexibility index (Phi) is 5.64. The van der Waals surface area contributed by atoms with E-state index in [2.05, 4.69) is 20.9 Å². The first-order chi connectivity index (χ1) is 9.96. The molecule has 2 heterocycles. The van der Waals surface area contributed by atoms with Gasteiger partial charge in [-0.1, -0.05) is 0 Å². The summed E-state index contributed by atoms with van der Waals surface area (Å²) < 4.78 is 32.2. The van der Waals surface area contributed by atoms with E-state index in [1.54, 1.807) is 18.7 Å². The van der Waals surface area contributed by atoms with E-state index in [-0.39, 0.29) is 18.0 Å². The van der Waals surface area contributed by atoms with Crippen LogP contribution in [0, 0.1) is 0 Å². The van der Waals surface area contributed by atoms with Crippen molar-refractivity contribution in [1.82, 2.24) is 9.29 Å². The fourth-order valence-electron chi connectivity index (χ4n) is 1.97. The number of halogens is 1. The van der Waals surface area contributed by atoms with Gasteiger partial charge < -0.3 is 4.74 Å². The number of carbonyl (C=O) groups is 1. The molecule has 21 heavy (non-hydrogen) atoms. The first-order valence-corrected chi connectivity index (χ1v) is 9.72. The van der Waals surface area contributed by atoms with Gasteiger partial charge in [0.25, 0.3) is 0 Å². The number of esters is 1. The molecule has 0 bridgehead atoms. The Morgan fingerprint density at radius 1 is 1.57 bits per heavy atom. The predicted octanol–water partition coefficient (Wildman–Crippen LogP) is 1.51. The molecule has 0 aromatic carbocycles. The number of hydrogen-bond donors (Lipinski definition) is 0. The number of nitrogens with zero attached hydrogens (tertiary/aromatic N) is 2. The zero-order valence-electron chi connectivity index (χ0n) is 11.4. The molecule has 0 N–H and O–H groups in total. The van der Waals surface area contributed by atoms with E-state index in [1.165, 1.54) is 22.8 Å². The van der Waals surface area contributed by atoms with Crippen molar-refractivity contribution in [2.45, 2.75) is 17.9 Å². The van der Waals surface area contributed by atoms with Crippen LogP contribution < -0.4 is 0 Å². The molecule has 6 nitrogen and oxygen atoms in total. The van der Waals surface area contributed by atoms with Gasteiger partial charge in [-0.15, -0.1) is 0 Å². The molecule has 116 valence electrons. The highest BCUT2D eigenvalue weighted by atomic mass is 79.9. The van der Waals surface area contributed by atoms with Gasteiger partial charge in [-0.05, 0) is 28.9 Å². The van der Waals surface area contributed by atoms with Gasteiger partial charge in [0.2, 0.25) is 10.0 Å². The van der Waals surface area contributed by atoms with Crippen molar-refractivity contribution in [3.63, 3.8) is 0 Å². The Balaban J connectivity index is 2.34. The Morgan fingerprint density at radius 2 is 2.33 bits per heavy atom. The Labute approximate surface area is 136 Å². The van der Waals surface area contributed by atoms with Crippen molar-refractivity contribution in [2.24, 2.45) is 0 Å². The molecule has 1 atom stereocenters. The summed E-state index contributed by atoms with van der Waals surface area (Å²) in [5.41, 5.74) is 0. The fourth-order valence-corrected chi connectivity index (χ4v) is 5.30. The van der Waals surface area contributed by atoms with E-state index < -0.39 is 22.0 Å². The number of carbonyl (C=O) groups excluding carboxylic acids is 1. The van der Waals surface area contributed by atoms with Crippen LogP contribution in [0.4, 0.5) is 0 Å². The van der Waals surface area contributed by atoms with Crippen LogP contribution in [0.3, 0.4) is 0 Å². The topological polar surface area (TPSA) is 76.6 Å². The van der Waals surface area contributed by atoms with Crippen LogP contribution in [0.15, 0.2) is 27.8 Å². The number of hydrogen-bond acceptors (Lipinski definition) is 6. The average Bonchev–Trinajstić information content (AvgIpc) is 2.47. The number of thioether (sulfide) groups is 1. The van der Waals surface area contributed by atoms with E-state index >= 15 is 0 Å². The number of rotatable bonds is 4. The van der Waals surface area contributed by atoms with Crippen molar-refractivity contribution < 1.29 is 17.9 Å². The van der Waals surface area contributed by atoms with Gasteiger partial charge in [-0.2, -0.15) is 16.1 Å². The van der Waals surface area contributed by atoms with Gasteiger partial charge in [0, 0.05) is 34.9 Å². The van der Waals surface area contributed by atoms with Crippen LogP contribution in [0.5, 0.6) is 0 Å². The minimum Gasteiger partial charge on any atom is -0.465 e. The maximum absolute atomic E-state index is 12.7. The second-order valence-corrected chi connectivity index (χ2v) is 8.25. The first-order valence-electron chi connectivity index (χ1n) is 6.33. The molecule has 1 aromatic heterocycles. The van der Waals surface area contributed by atoms with Gasteiger partial charge >= 0.3 is 5.97 Å². The molecule has 0 spiro atoms. The zero-order chi connectivity index (χ0) is 15.5. The van der Waals surface area contributed by atoms with Gasteiger partial charge in [0.05, 0.1) is 6.61 Å². The number of aromatic nitrogens is 1. The summed E-state index contributed by atoms with van der Waals surface area (Å²) in [5, 5.41) is 0. The molecular weight excluding hydrogens is 380 g/mol. The van der Waals surface area contributed by atoms with Crippen LogP contribution in [0.2, 0.25) is 0 Å². The second kappa shape index (κ2) is 7.08. The lowest BCUT2D eigenvalue weighted by molar-refractivity contribution is -0.146. The standard InChI is InChI=1S/C12H15BrN2O4S2/c1-2-19-12(16)11-8-20-4-3-15(11)21(17,18)10-5-9(13)6-14-7-10/h5-7,11H,2-4,8H2,1H3. The van der Waals surface area contributed by atoms with Crippen LogP contribution in [0.1, 0.15) is 6.92 Å². The SMILES string of the molecule is CCOC(=O)C1CSCCN1S(=O)(=O)c1cncc(Br)c1. The third-order valence-corrected chi connectivity index (χ3v) is 6.25. The van der Waals surface area contributed by atoms with Gasteiger partial charge in [0.15, 0.2) is 0 Å². The highest BCUT2D eigenvalue weighted by molar-refractivity contribution is 9.10. The summed E-state index contributed by atoms with van der Waals surface area (Å²) in [6.07, 6.45) is 2.79. The number of ether oxygens (including phenoxy) is 1. The third-order valence-electron chi connectivity index (χ3n) is 2.92. The largest absolute Gasteiger partial charge is 0.465 e. The normalized spacial score (nSPS) is 20.2. The van der Waals surface area contributed by atoms with Gasteiger partial charge in [0.1, 0.15) is 10.9 Å². The molecular formula is C12H15BrN2O4S2. The Morgan fingerprint density at radius 3 is 3.00 bits per heavy atom. The summed E-state index contributed by atoms with van der Waals surface area (Å²) in [6, 6.07) is 0.694. The Hall–Kier alpha value is -0.640. The zero-order valence-corrected chi connectivity index (χ0v) is 14.6. The average molecular weight is 395 g/mol. The summed E-state index contributed by atoms with van der Waals surface area (Å²) in [5.74, 6) is 0.548. The molecule has 1 aromatic rings. The molecule has 0 radical (unpaired) electrons. The smallest absolute Gasteiger partial charge is 0.325 e. The lowest BCUT2D eigenvalue weighted by atomic mass is 10.3. The van der Waals surface area contributed by atoms with Gasteiger partial charge in [-0.25, -0.2) is 8.42 Å². The fraction of sp³-hybridized carbons (Fsp3) is 0.500. The molecule has 1 unspecified atom stereocenters. The van der Waals surface area contributed by atoms with Crippen LogP contribution in [0.25, 0.3) is 0 Å². The first kappa shape index (κ1) is 16.7. The summed E-state index contributed by atoms with van der Waals surface area (Å²) >= 11 is 4.75. The molecule has 0 saturated carbocycles. The Bertz CT molecular complexity index is 623. The molecule has 1 aliphatic rings. The minimum absolute atomic E-state index is 0.0677. The lowest BCUT2D eigenvalue weighted by Gasteiger charge is -2.32. The predicted molar refractivity (Wildman–Crippen MR) is 83.6 cm³/mol. The van der Waals surface area contributed by atoms with Crippen molar-refractivity contribution in [2.75, 3.05) is 24.7 Å². The number of pyridine rings is 1. The monoisotopic (exact) mass is 394 g/mol. The van der Waals surface area contributed by atoms with E-state index in [4.69, 9.17) is 4.74 Å². The summed E-state index contributed by atoms with van der Waals surface area (Å²) in [6.45, 7) is 2.21. The molecule has 1 saturated heterocycles. The lowest BCUT2D eigenvalue weighted by Crippen LogP contribution is -2.50. The van der Waals surface area contributed by atoms with Crippen LogP contribution in [-0.4, -0.2) is 54.4 Å². The molecule has 1 aliphatic heterocycles. The van der Waals surface area contributed by atoms with Crippen LogP contribution in [-0.2, 0) is 19.6 Å². The van der Waals surface area contributed by atoms with E-state index in [9.17, 15) is 13.2 Å². The molecule has 1 fully saturated rings. The highest BCUT2D eigenvalue weighted by Crippen LogP contribution is 2.26. The van der Waals surface area contributed by atoms with E-state index in [0.29, 0.717) is 16.0 Å². The second-order valence-electron chi connectivity index (χ2n) is 4.30. The molecule has 0 amide bonds. The number of sulfonamides is 1. The maximum Gasteiger partial charge on any atom is 0.325 e. The van der Waals surface area contributed by atoms with Crippen molar-refractivity contribution in [3.05, 3.63) is 22.9 Å². The quantitative estimate of drug-likeness (QED) is 0.720. The van der Waals surface area contributed by atoms with Gasteiger partial charge in [-0.3, -0.25) is 9.78 Å². The minimum atomic E-state index is -3.77. The molecule has 9 heteroatoms. The van der Waals surface area contributed by atoms with E-state index in [1.807, 2.05) is 0 Å². The van der Waals surface area contributed by atoms with Crippen molar-refractivity contribution in [1.29, 1.82) is 0 Å². The highest BCUT2D eigenvalue weighted by Gasteiger charge is 2.39. The summed E-state index contributed by atoms with van der Waals surface area (Å²) in [7, 11) is -3.77. The summed E-state index contributed by atoms with van der Waals surface area (Å²) in [4.78, 5) is 15.9. The molecule has 0 aliphatic carbocycles. The van der Waals surface area contributed by atoms with Crippen LogP contribution >= 0.6 is 27.7 Å². The maximum atomic E-state index is 12.7. The van der Waals surface area contributed by atoms with Crippen molar-refractivity contribution >= 4 is 43.7 Å². The van der Waals surface area contributed by atoms with E-state index in [0.717, 1.165) is 0 Å².